The highest BCUT2D eigenvalue weighted by molar-refractivity contribution is 7.98. The van der Waals surface area contributed by atoms with Crippen molar-refractivity contribution < 1.29 is 4.79 Å². The fourth-order valence-corrected chi connectivity index (χ4v) is 2.14. The lowest BCUT2D eigenvalue weighted by Gasteiger charge is -2.06. The fraction of sp³-hybridized carbons (Fsp3) is 0.188. The summed E-state index contributed by atoms with van der Waals surface area (Å²) in [7, 11) is 0. The number of carbonyl (C=O) groups excluding carboxylic acids is 1. The largest absolute Gasteiger partial charge is 0.348 e. The summed E-state index contributed by atoms with van der Waals surface area (Å²) in [6, 6.07) is 15.8. The molecular weight excluding hydrogens is 254 g/mol. The average Bonchev–Trinajstić information content (AvgIpc) is 2.46. The zero-order valence-corrected chi connectivity index (χ0v) is 12.0. The zero-order valence-electron chi connectivity index (χ0n) is 11.1. The van der Waals surface area contributed by atoms with Gasteiger partial charge in [0.15, 0.2) is 0 Å². The molecule has 0 bridgehead atoms. The third-order valence-corrected chi connectivity index (χ3v) is 3.67. The summed E-state index contributed by atoms with van der Waals surface area (Å²) >= 11 is 1.71. The van der Waals surface area contributed by atoms with Gasteiger partial charge in [-0.05, 0) is 43.0 Å². The number of rotatable bonds is 4. The number of hydrogen-bond acceptors (Lipinski definition) is 2. The van der Waals surface area contributed by atoms with Gasteiger partial charge in [-0.3, -0.25) is 4.79 Å². The molecule has 0 fully saturated rings. The minimum atomic E-state index is -0.0334. The molecule has 2 aromatic rings. The molecule has 0 aromatic heterocycles. The maximum atomic E-state index is 11.9. The fourth-order valence-electron chi connectivity index (χ4n) is 1.73. The van der Waals surface area contributed by atoms with Gasteiger partial charge in [-0.2, -0.15) is 0 Å². The van der Waals surface area contributed by atoms with Gasteiger partial charge in [-0.25, -0.2) is 0 Å². The first-order valence-electron chi connectivity index (χ1n) is 6.17. The lowest BCUT2D eigenvalue weighted by Crippen LogP contribution is -2.22. The molecule has 0 aliphatic heterocycles. The second-order valence-electron chi connectivity index (χ2n) is 4.40. The van der Waals surface area contributed by atoms with Crippen molar-refractivity contribution in [2.45, 2.75) is 18.4 Å². The Balaban J connectivity index is 1.94. The summed E-state index contributed by atoms with van der Waals surface area (Å²) in [5.41, 5.74) is 2.97. The molecule has 1 amide bonds. The number of thioether (sulfide) groups is 1. The van der Waals surface area contributed by atoms with E-state index in [1.54, 1.807) is 11.8 Å². The van der Waals surface area contributed by atoms with E-state index in [1.165, 1.54) is 4.90 Å². The Kier molecular flexibility index (Phi) is 4.63. The highest BCUT2D eigenvalue weighted by Crippen LogP contribution is 2.14. The molecule has 2 rings (SSSR count). The quantitative estimate of drug-likeness (QED) is 0.860. The van der Waals surface area contributed by atoms with E-state index in [0.717, 1.165) is 11.1 Å². The summed E-state index contributed by atoms with van der Waals surface area (Å²) in [6.07, 6.45) is 2.05. The van der Waals surface area contributed by atoms with Crippen molar-refractivity contribution in [3.63, 3.8) is 0 Å². The molecule has 0 spiro atoms. The molecule has 0 aliphatic rings. The summed E-state index contributed by atoms with van der Waals surface area (Å²) in [5, 5.41) is 2.93. The maximum Gasteiger partial charge on any atom is 0.251 e. The number of nitrogens with one attached hydrogen (secondary N) is 1. The topological polar surface area (TPSA) is 29.1 Å². The second-order valence-corrected chi connectivity index (χ2v) is 5.28. The van der Waals surface area contributed by atoms with Crippen LogP contribution in [0.3, 0.4) is 0 Å². The summed E-state index contributed by atoms with van der Waals surface area (Å²) in [4.78, 5) is 13.2. The highest BCUT2D eigenvalue weighted by Gasteiger charge is 2.04. The van der Waals surface area contributed by atoms with E-state index >= 15 is 0 Å². The average molecular weight is 271 g/mol. The van der Waals surface area contributed by atoms with Crippen molar-refractivity contribution in [2.75, 3.05) is 6.26 Å². The molecule has 0 atom stereocenters. The molecule has 0 heterocycles. The first-order valence-corrected chi connectivity index (χ1v) is 7.39. The van der Waals surface area contributed by atoms with Crippen LogP contribution >= 0.6 is 11.8 Å². The van der Waals surface area contributed by atoms with Crippen LogP contribution in [0.4, 0.5) is 0 Å². The number of benzene rings is 2. The molecule has 0 saturated carbocycles. The number of aryl methyl sites for hydroxylation is 1. The summed E-state index contributed by atoms with van der Waals surface area (Å²) < 4.78 is 0. The standard InChI is InChI=1S/C16H17NOS/c1-12-3-7-14(8-4-12)16(18)17-11-13-5-9-15(19-2)10-6-13/h3-10H,11H2,1-2H3,(H,17,18). The molecular formula is C16H17NOS. The van der Waals surface area contributed by atoms with Crippen molar-refractivity contribution in [2.24, 2.45) is 0 Å². The molecule has 3 heteroatoms. The van der Waals surface area contributed by atoms with Gasteiger partial charge in [-0.1, -0.05) is 29.8 Å². The van der Waals surface area contributed by atoms with Gasteiger partial charge >= 0.3 is 0 Å². The van der Waals surface area contributed by atoms with E-state index in [0.29, 0.717) is 12.1 Å². The normalized spacial score (nSPS) is 10.2. The van der Waals surface area contributed by atoms with E-state index < -0.39 is 0 Å². The van der Waals surface area contributed by atoms with Gasteiger partial charge in [0.25, 0.3) is 5.91 Å². The molecule has 98 valence electrons. The number of hydrogen-bond donors (Lipinski definition) is 1. The molecule has 0 aliphatic carbocycles. The molecule has 19 heavy (non-hydrogen) atoms. The number of carbonyl (C=O) groups is 1. The van der Waals surface area contributed by atoms with E-state index in [2.05, 4.69) is 17.4 Å². The van der Waals surface area contributed by atoms with E-state index in [9.17, 15) is 4.79 Å². The van der Waals surface area contributed by atoms with Gasteiger partial charge in [-0.15, -0.1) is 11.8 Å². The third-order valence-electron chi connectivity index (χ3n) is 2.93. The highest BCUT2D eigenvalue weighted by atomic mass is 32.2. The van der Waals surface area contributed by atoms with Crippen molar-refractivity contribution >= 4 is 17.7 Å². The van der Waals surface area contributed by atoms with Crippen LogP contribution in [0.25, 0.3) is 0 Å². The Labute approximate surface area is 118 Å². The van der Waals surface area contributed by atoms with Crippen LogP contribution in [0.1, 0.15) is 21.5 Å². The monoisotopic (exact) mass is 271 g/mol. The second kappa shape index (κ2) is 6.43. The summed E-state index contributed by atoms with van der Waals surface area (Å²) in [5.74, 6) is -0.0334. The minimum Gasteiger partial charge on any atom is -0.348 e. The Hall–Kier alpha value is -1.74. The molecule has 0 saturated heterocycles. The Morgan fingerprint density at radius 3 is 2.26 bits per heavy atom. The van der Waals surface area contributed by atoms with Gasteiger partial charge in [0.2, 0.25) is 0 Å². The van der Waals surface area contributed by atoms with Crippen LogP contribution in [0.15, 0.2) is 53.4 Å². The van der Waals surface area contributed by atoms with Crippen molar-refractivity contribution in [3.8, 4) is 0 Å². The zero-order chi connectivity index (χ0) is 13.7. The molecule has 2 aromatic carbocycles. The predicted molar refractivity (Wildman–Crippen MR) is 80.6 cm³/mol. The molecule has 0 unspecified atom stereocenters. The van der Waals surface area contributed by atoms with Crippen molar-refractivity contribution in [1.29, 1.82) is 0 Å². The van der Waals surface area contributed by atoms with Crippen LogP contribution in [0.2, 0.25) is 0 Å². The van der Waals surface area contributed by atoms with Crippen molar-refractivity contribution in [1.82, 2.24) is 5.32 Å². The van der Waals surface area contributed by atoms with Crippen LogP contribution in [0, 0.1) is 6.92 Å². The van der Waals surface area contributed by atoms with Gasteiger partial charge in [0, 0.05) is 17.0 Å². The van der Waals surface area contributed by atoms with Gasteiger partial charge < -0.3 is 5.32 Å². The van der Waals surface area contributed by atoms with Gasteiger partial charge in [0.1, 0.15) is 0 Å². The van der Waals surface area contributed by atoms with E-state index in [4.69, 9.17) is 0 Å². The Morgan fingerprint density at radius 2 is 1.68 bits per heavy atom. The predicted octanol–water partition coefficient (Wildman–Crippen LogP) is 3.65. The number of amides is 1. The van der Waals surface area contributed by atoms with Crippen LogP contribution < -0.4 is 5.32 Å². The summed E-state index contributed by atoms with van der Waals surface area (Å²) in [6.45, 7) is 2.57. The first kappa shape index (κ1) is 13.7. The van der Waals surface area contributed by atoms with Crippen LogP contribution in [-0.2, 0) is 6.54 Å². The third kappa shape index (κ3) is 3.86. The Bertz CT molecular complexity index is 546. The smallest absolute Gasteiger partial charge is 0.251 e. The van der Waals surface area contributed by atoms with Crippen LogP contribution in [-0.4, -0.2) is 12.2 Å². The SMILES string of the molecule is CSc1ccc(CNC(=O)c2ccc(C)cc2)cc1. The molecule has 2 nitrogen and oxygen atoms in total. The van der Waals surface area contributed by atoms with Crippen LogP contribution in [0.5, 0.6) is 0 Å². The van der Waals surface area contributed by atoms with E-state index in [1.807, 2.05) is 49.6 Å². The van der Waals surface area contributed by atoms with E-state index in [-0.39, 0.29) is 5.91 Å². The van der Waals surface area contributed by atoms with Crippen molar-refractivity contribution in [3.05, 3.63) is 65.2 Å². The van der Waals surface area contributed by atoms with Gasteiger partial charge in [0.05, 0.1) is 0 Å². The minimum absolute atomic E-state index is 0.0334. The lowest BCUT2D eigenvalue weighted by atomic mass is 10.1. The lowest BCUT2D eigenvalue weighted by molar-refractivity contribution is 0.0951. The molecule has 0 radical (unpaired) electrons. The Morgan fingerprint density at radius 1 is 1.05 bits per heavy atom. The maximum absolute atomic E-state index is 11.9. The molecule has 1 N–H and O–H groups in total. The first-order chi connectivity index (χ1) is 9.19.